The van der Waals surface area contributed by atoms with Gasteiger partial charge in [0.1, 0.15) is 5.75 Å². The minimum atomic E-state index is -0.343. The first-order chi connectivity index (χ1) is 11.2. The molecule has 0 fully saturated rings. The van der Waals surface area contributed by atoms with Crippen molar-refractivity contribution in [3.8, 4) is 17.2 Å². The summed E-state index contributed by atoms with van der Waals surface area (Å²) in [4.78, 5) is 12.1. The van der Waals surface area contributed by atoms with E-state index in [0.717, 1.165) is 11.3 Å². The Balaban J connectivity index is 2.05. The van der Waals surface area contributed by atoms with Crippen LogP contribution >= 0.6 is 0 Å². The van der Waals surface area contributed by atoms with E-state index in [4.69, 9.17) is 14.2 Å². The third kappa shape index (κ3) is 4.23. The number of carbonyl (C=O) groups excluding carboxylic acids is 1. The van der Waals surface area contributed by atoms with Crippen molar-refractivity contribution >= 4 is 12.1 Å². The normalized spacial score (nSPS) is 10.4. The number of nitrogens with zero attached hydrogens (tertiary/aromatic N) is 1. The second-order valence-corrected chi connectivity index (χ2v) is 4.55. The van der Waals surface area contributed by atoms with E-state index in [-0.39, 0.29) is 5.91 Å². The van der Waals surface area contributed by atoms with Crippen LogP contribution in [0.3, 0.4) is 0 Å². The van der Waals surface area contributed by atoms with Crippen LogP contribution in [0, 0.1) is 0 Å². The van der Waals surface area contributed by atoms with Crippen molar-refractivity contribution in [3.05, 3.63) is 53.6 Å². The first-order valence-electron chi connectivity index (χ1n) is 6.87. The van der Waals surface area contributed by atoms with E-state index < -0.39 is 0 Å². The number of amides is 1. The largest absolute Gasteiger partial charge is 0.497 e. The molecule has 2 aromatic rings. The average Bonchev–Trinajstić information content (AvgIpc) is 2.61. The molecule has 0 atom stereocenters. The molecule has 0 radical (unpaired) electrons. The first-order valence-corrected chi connectivity index (χ1v) is 6.87. The van der Waals surface area contributed by atoms with Crippen molar-refractivity contribution in [1.82, 2.24) is 5.43 Å². The summed E-state index contributed by atoms with van der Waals surface area (Å²) in [5.41, 5.74) is 3.71. The summed E-state index contributed by atoms with van der Waals surface area (Å²) < 4.78 is 15.4. The van der Waals surface area contributed by atoms with Crippen LogP contribution in [0.2, 0.25) is 0 Å². The number of rotatable bonds is 6. The number of hydrazone groups is 1. The summed E-state index contributed by atoms with van der Waals surface area (Å²) in [6, 6.07) is 12.2. The maximum atomic E-state index is 12.1. The molecule has 1 N–H and O–H groups in total. The SMILES string of the molecule is COc1cccc(/C=N/NC(=O)c2ccc(OC)c(OC)c2)c1. The molecular formula is C17H18N2O4. The predicted octanol–water partition coefficient (Wildman–Crippen LogP) is 2.48. The molecule has 0 aliphatic rings. The standard InChI is InChI=1S/C17H18N2O4/c1-21-14-6-4-5-12(9-14)11-18-19-17(20)13-7-8-15(22-2)16(10-13)23-3/h4-11H,1-3H3,(H,19,20)/b18-11+. The zero-order chi connectivity index (χ0) is 16.7. The van der Waals surface area contributed by atoms with Crippen LogP contribution in [0.15, 0.2) is 47.6 Å². The predicted molar refractivity (Wildman–Crippen MR) is 87.6 cm³/mol. The van der Waals surface area contributed by atoms with E-state index in [9.17, 15) is 4.79 Å². The Bertz CT molecular complexity index is 713. The number of hydrogen-bond donors (Lipinski definition) is 1. The highest BCUT2D eigenvalue weighted by atomic mass is 16.5. The zero-order valence-electron chi connectivity index (χ0n) is 13.2. The van der Waals surface area contributed by atoms with Gasteiger partial charge in [-0.25, -0.2) is 5.43 Å². The van der Waals surface area contributed by atoms with Gasteiger partial charge in [-0.3, -0.25) is 4.79 Å². The van der Waals surface area contributed by atoms with Crippen LogP contribution < -0.4 is 19.6 Å². The van der Waals surface area contributed by atoms with E-state index in [1.165, 1.54) is 14.2 Å². The molecule has 0 bridgehead atoms. The smallest absolute Gasteiger partial charge is 0.271 e. The second-order valence-electron chi connectivity index (χ2n) is 4.55. The first kappa shape index (κ1) is 16.4. The summed E-state index contributed by atoms with van der Waals surface area (Å²) in [6.07, 6.45) is 1.54. The number of benzene rings is 2. The fraction of sp³-hybridized carbons (Fsp3) is 0.176. The molecule has 120 valence electrons. The van der Waals surface area contributed by atoms with Crippen molar-refractivity contribution in [2.45, 2.75) is 0 Å². The van der Waals surface area contributed by atoms with Gasteiger partial charge in [0.05, 0.1) is 27.5 Å². The number of carbonyl (C=O) groups is 1. The van der Waals surface area contributed by atoms with Crippen LogP contribution in [0.4, 0.5) is 0 Å². The maximum absolute atomic E-state index is 12.1. The van der Waals surface area contributed by atoms with E-state index in [1.807, 2.05) is 24.3 Å². The maximum Gasteiger partial charge on any atom is 0.271 e. The van der Waals surface area contributed by atoms with Crippen molar-refractivity contribution in [2.24, 2.45) is 5.10 Å². The lowest BCUT2D eigenvalue weighted by atomic mass is 10.2. The molecule has 0 aliphatic heterocycles. The molecule has 0 saturated heterocycles. The molecule has 2 rings (SSSR count). The molecule has 6 nitrogen and oxygen atoms in total. The summed E-state index contributed by atoms with van der Waals surface area (Å²) in [7, 11) is 4.64. The molecule has 2 aromatic carbocycles. The zero-order valence-corrected chi connectivity index (χ0v) is 13.2. The highest BCUT2D eigenvalue weighted by molar-refractivity contribution is 5.95. The van der Waals surface area contributed by atoms with Crippen LogP contribution in [-0.4, -0.2) is 33.5 Å². The van der Waals surface area contributed by atoms with Crippen LogP contribution in [0.5, 0.6) is 17.2 Å². The van der Waals surface area contributed by atoms with E-state index in [0.29, 0.717) is 17.1 Å². The van der Waals surface area contributed by atoms with Crippen molar-refractivity contribution in [3.63, 3.8) is 0 Å². The summed E-state index contributed by atoms with van der Waals surface area (Å²) >= 11 is 0. The summed E-state index contributed by atoms with van der Waals surface area (Å²) in [6.45, 7) is 0. The van der Waals surface area contributed by atoms with Gasteiger partial charge >= 0.3 is 0 Å². The molecule has 1 amide bonds. The lowest BCUT2D eigenvalue weighted by Crippen LogP contribution is -2.17. The quantitative estimate of drug-likeness (QED) is 0.657. The molecule has 23 heavy (non-hydrogen) atoms. The van der Waals surface area contributed by atoms with E-state index in [1.54, 1.807) is 31.5 Å². The van der Waals surface area contributed by atoms with E-state index >= 15 is 0 Å². The van der Waals surface area contributed by atoms with Crippen LogP contribution in [-0.2, 0) is 0 Å². The fourth-order valence-corrected chi connectivity index (χ4v) is 1.93. The Hall–Kier alpha value is -3.02. The molecule has 0 aromatic heterocycles. The van der Waals surface area contributed by atoms with Gasteiger partial charge in [-0.05, 0) is 35.9 Å². The van der Waals surface area contributed by atoms with Gasteiger partial charge < -0.3 is 14.2 Å². The van der Waals surface area contributed by atoms with Gasteiger partial charge in [-0.15, -0.1) is 0 Å². The van der Waals surface area contributed by atoms with Crippen LogP contribution in [0.1, 0.15) is 15.9 Å². The molecular weight excluding hydrogens is 296 g/mol. The number of ether oxygens (including phenoxy) is 3. The third-order valence-corrected chi connectivity index (χ3v) is 3.12. The van der Waals surface area contributed by atoms with Crippen LogP contribution in [0.25, 0.3) is 0 Å². The molecule has 0 spiro atoms. The Labute approximate surface area is 134 Å². The minimum Gasteiger partial charge on any atom is -0.497 e. The van der Waals surface area contributed by atoms with E-state index in [2.05, 4.69) is 10.5 Å². The molecule has 0 heterocycles. The van der Waals surface area contributed by atoms with Gasteiger partial charge in [-0.2, -0.15) is 5.10 Å². The van der Waals surface area contributed by atoms with Gasteiger partial charge in [0.2, 0.25) is 0 Å². The number of nitrogens with one attached hydrogen (secondary N) is 1. The topological polar surface area (TPSA) is 69.2 Å². The van der Waals surface area contributed by atoms with Gasteiger partial charge in [0.15, 0.2) is 11.5 Å². The Morgan fingerprint density at radius 3 is 2.48 bits per heavy atom. The third-order valence-electron chi connectivity index (χ3n) is 3.12. The van der Waals surface area contributed by atoms with Crippen molar-refractivity contribution in [1.29, 1.82) is 0 Å². The Kier molecular flexibility index (Phi) is 5.57. The van der Waals surface area contributed by atoms with Crippen molar-refractivity contribution < 1.29 is 19.0 Å². The number of hydrogen-bond acceptors (Lipinski definition) is 5. The monoisotopic (exact) mass is 314 g/mol. The van der Waals surface area contributed by atoms with Gasteiger partial charge in [0, 0.05) is 5.56 Å². The lowest BCUT2D eigenvalue weighted by molar-refractivity contribution is 0.0954. The second kappa shape index (κ2) is 7.84. The highest BCUT2D eigenvalue weighted by Crippen LogP contribution is 2.27. The Morgan fingerprint density at radius 2 is 1.78 bits per heavy atom. The molecule has 0 aliphatic carbocycles. The molecule has 6 heteroatoms. The van der Waals surface area contributed by atoms with Gasteiger partial charge in [-0.1, -0.05) is 12.1 Å². The molecule has 0 unspecified atom stereocenters. The summed E-state index contributed by atoms with van der Waals surface area (Å²) in [5, 5.41) is 3.94. The Morgan fingerprint density at radius 1 is 1.00 bits per heavy atom. The minimum absolute atomic E-state index is 0.343. The molecule has 0 saturated carbocycles. The highest BCUT2D eigenvalue weighted by Gasteiger charge is 2.09. The van der Waals surface area contributed by atoms with Crippen molar-refractivity contribution in [2.75, 3.05) is 21.3 Å². The lowest BCUT2D eigenvalue weighted by Gasteiger charge is -2.08. The average molecular weight is 314 g/mol. The fourth-order valence-electron chi connectivity index (χ4n) is 1.93. The number of methoxy groups -OCH3 is 3. The summed E-state index contributed by atoms with van der Waals surface area (Å²) in [5.74, 6) is 1.42. The van der Waals surface area contributed by atoms with Gasteiger partial charge in [0.25, 0.3) is 5.91 Å².